The lowest BCUT2D eigenvalue weighted by molar-refractivity contribution is 0.310. The fourth-order valence-electron chi connectivity index (χ4n) is 1.84. The summed E-state index contributed by atoms with van der Waals surface area (Å²) in [5.74, 6) is 0. The summed E-state index contributed by atoms with van der Waals surface area (Å²) in [7, 11) is -3.42. The van der Waals surface area contributed by atoms with Crippen molar-refractivity contribution in [2.75, 3.05) is 19.7 Å². The van der Waals surface area contributed by atoms with Gasteiger partial charge >= 0.3 is 0 Å². The molecule has 0 amide bonds. The van der Waals surface area contributed by atoms with Gasteiger partial charge in [0.25, 0.3) is 0 Å². The molecule has 0 bridgehead atoms. The molecule has 1 N–H and O–H groups in total. The Morgan fingerprint density at radius 1 is 1.24 bits per heavy atom. The van der Waals surface area contributed by atoms with E-state index in [0.717, 1.165) is 5.57 Å². The largest absolute Gasteiger partial charge is 0.392 e. The molecule has 2 rings (SSSR count). The van der Waals surface area contributed by atoms with Crippen LogP contribution >= 0.6 is 0 Å². The van der Waals surface area contributed by atoms with Gasteiger partial charge in [0.2, 0.25) is 10.0 Å². The van der Waals surface area contributed by atoms with E-state index in [4.69, 9.17) is 5.11 Å². The first-order chi connectivity index (χ1) is 8.14. The molecule has 0 aromatic heterocycles. The third kappa shape index (κ3) is 2.57. The maximum atomic E-state index is 12.3. The summed E-state index contributed by atoms with van der Waals surface area (Å²) in [6.07, 6.45) is 2.55. The second-order valence-corrected chi connectivity index (χ2v) is 5.90. The van der Waals surface area contributed by atoms with Crippen molar-refractivity contribution >= 4 is 10.0 Å². The number of nitrogens with zero attached hydrogens (tertiary/aromatic N) is 1. The molecule has 1 aromatic carbocycles. The zero-order valence-electron chi connectivity index (χ0n) is 9.41. The monoisotopic (exact) mass is 253 g/mol. The van der Waals surface area contributed by atoms with Gasteiger partial charge in [0.1, 0.15) is 0 Å². The Bertz CT molecular complexity index is 508. The van der Waals surface area contributed by atoms with E-state index in [9.17, 15) is 8.42 Å². The minimum Gasteiger partial charge on any atom is -0.392 e. The van der Waals surface area contributed by atoms with Crippen molar-refractivity contribution in [1.29, 1.82) is 0 Å². The van der Waals surface area contributed by atoms with Gasteiger partial charge in [-0.15, -0.1) is 0 Å². The Labute approximate surface area is 101 Å². The summed E-state index contributed by atoms with van der Waals surface area (Å²) in [5.41, 5.74) is 0.760. The number of hydrogen-bond acceptors (Lipinski definition) is 3. The highest BCUT2D eigenvalue weighted by molar-refractivity contribution is 7.89. The average molecular weight is 253 g/mol. The lowest BCUT2D eigenvalue weighted by atomic mass is 10.2. The van der Waals surface area contributed by atoms with Crippen molar-refractivity contribution < 1.29 is 13.5 Å². The van der Waals surface area contributed by atoms with Crippen molar-refractivity contribution in [1.82, 2.24) is 4.31 Å². The average Bonchev–Trinajstić information content (AvgIpc) is 2.40. The summed E-state index contributed by atoms with van der Waals surface area (Å²) in [6, 6.07) is 8.38. The molecular formula is C12H15NO3S. The molecule has 0 spiro atoms. The Hall–Kier alpha value is -1.17. The number of aliphatic hydroxyl groups excluding tert-OH is 1. The van der Waals surface area contributed by atoms with Gasteiger partial charge in [-0.25, -0.2) is 8.42 Å². The molecule has 1 aromatic rings. The molecule has 1 aliphatic heterocycles. The predicted octanol–water partition coefficient (Wildman–Crippen LogP) is 1.000. The Kier molecular flexibility index (Phi) is 3.61. The van der Waals surface area contributed by atoms with Gasteiger partial charge in [-0.05, 0) is 24.1 Å². The van der Waals surface area contributed by atoms with Crippen LogP contribution in [0.4, 0.5) is 0 Å². The molecule has 5 heteroatoms. The maximum Gasteiger partial charge on any atom is 0.243 e. The molecule has 4 nitrogen and oxygen atoms in total. The van der Waals surface area contributed by atoms with E-state index >= 15 is 0 Å². The van der Waals surface area contributed by atoms with Crippen LogP contribution in [-0.2, 0) is 10.0 Å². The molecule has 0 aliphatic carbocycles. The quantitative estimate of drug-likeness (QED) is 0.818. The van der Waals surface area contributed by atoms with Crippen molar-refractivity contribution in [2.45, 2.75) is 11.3 Å². The van der Waals surface area contributed by atoms with Crippen LogP contribution in [-0.4, -0.2) is 37.5 Å². The molecule has 0 radical (unpaired) electrons. The lowest BCUT2D eigenvalue weighted by Crippen LogP contribution is -2.36. The van der Waals surface area contributed by atoms with E-state index in [1.54, 1.807) is 30.3 Å². The first-order valence-electron chi connectivity index (χ1n) is 5.48. The van der Waals surface area contributed by atoms with E-state index in [0.29, 0.717) is 17.9 Å². The summed E-state index contributed by atoms with van der Waals surface area (Å²) in [4.78, 5) is 0.305. The number of rotatable bonds is 3. The molecule has 17 heavy (non-hydrogen) atoms. The molecule has 0 fully saturated rings. The minimum atomic E-state index is -3.42. The fourth-order valence-corrected chi connectivity index (χ4v) is 3.32. The third-order valence-corrected chi connectivity index (χ3v) is 4.63. The Balaban J connectivity index is 2.26. The van der Waals surface area contributed by atoms with E-state index < -0.39 is 10.0 Å². The summed E-state index contributed by atoms with van der Waals surface area (Å²) in [5, 5.41) is 9.06. The van der Waals surface area contributed by atoms with E-state index in [-0.39, 0.29) is 13.2 Å². The second-order valence-electron chi connectivity index (χ2n) is 3.96. The van der Waals surface area contributed by atoms with Crippen molar-refractivity contribution in [2.24, 2.45) is 0 Å². The number of aliphatic hydroxyl groups is 1. The third-order valence-electron chi connectivity index (χ3n) is 2.78. The highest BCUT2D eigenvalue weighted by Gasteiger charge is 2.26. The molecule has 92 valence electrons. The maximum absolute atomic E-state index is 12.3. The SMILES string of the molecule is O=S(=O)(c1ccccc1)N1CCC=C(CO)C1. The molecule has 0 unspecified atom stereocenters. The Morgan fingerprint density at radius 3 is 2.59 bits per heavy atom. The van der Waals surface area contributed by atoms with Crippen molar-refractivity contribution in [3.63, 3.8) is 0 Å². The topological polar surface area (TPSA) is 57.6 Å². The van der Waals surface area contributed by atoms with E-state index in [1.807, 2.05) is 6.08 Å². The number of hydrogen-bond donors (Lipinski definition) is 1. The van der Waals surface area contributed by atoms with Crippen molar-refractivity contribution in [3.8, 4) is 0 Å². The number of sulfonamides is 1. The molecule has 0 saturated heterocycles. The normalized spacial score (nSPS) is 17.8. The van der Waals surface area contributed by atoms with Gasteiger partial charge in [0.15, 0.2) is 0 Å². The van der Waals surface area contributed by atoms with Gasteiger partial charge in [0.05, 0.1) is 11.5 Å². The first kappa shape index (κ1) is 12.3. The van der Waals surface area contributed by atoms with Gasteiger partial charge in [-0.3, -0.25) is 0 Å². The number of benzene rings is 1. The molecule has 1 heterocycles. The standard InChI is InChI=1S/C12H15NO3S/c14-10-11-5-4-8-13(9-11)17(15,16)12-6-2-1-3-7-12/h1-3,5-7,14H,4,8-10H2. The van der Waals surface area contributed by atoms with E-state index in [2.05, 4.69) is 0 Å². The van der Waals surface area contributed by atoms with Crippen molar-refractivity contribution in [3.05, 3.63) is 42.0 Å². The van der Waals surface area contributed by atoms with Crippen LogP contribution < -0.4 is 0 Å². The second kappa shape index (κ2) is 5.00. The molecule has 0 atom stereocenters. The Morgan fingerprint density at radius 2 is 1.94 bits per heavy atom. The highest BCUT2D eigenvalue weighted by atomic mass is 32.2. The zero-order chi connectivity index (χ0) is 12.3. The minimum absolute atomic E-state index is 0.0825. The molecule has 1 aliphatic rings. The van der Waals surface area contributed by atoms with Gasteiger partial charge in [-0.1, -0.05) is 24.3 Å². The molecular weight excluding hydrogens is 238 g/mol. The van der Waals surface area contributed by atoms with Crippen LogP contribution in [0.25, 0.3) is 0 Å². The van der Waals surface area contributed by atoms with Crippen LogP contribution in [0.5, 0.6) is 0 Å². The summed E-state index contributed by atoms with van der Waals surface area (Å²) in [6.45, 7) is 0.676. The van der Waals surface area contributed by atoms with Gasteiger partial charge in [0, 0.05) is 13.1 Å². The first-order valence-corrected chi connectivity index (χ1v) is 6.92. The van der Waals surface area contributed by atoms with Crippen LogP contribution in [0.3, 0.4) is 0 Å². The summed E-state index contributed by atoms with van der Waals surface area (Å²) >= 11 is 0. The summed E-state index contributed by atoms with van der Waals surface area (Å²) < 4.78 is 25.9. The van der Waals surface area contributed by atoms with Gasteiger partial charge < -0.3 is 5.11 Å². The van der Waals surface area contributed by atoms with Crippen LogP contribution in [0.2, 0.25) is 0 Å². The fraction of sp³-hybridized carbons (Fsp3) is 0.333. The molecule has 0 saturated carbocycles. The predicted molar refractivity (Wildman–Crippen MR) is 65.0 cm³/mol. The van der Waals surface area contributed by atoms with Crippen LogP contribution in [0, 0.1) is 0 Å². The van der Waals surface area contributed by atoms with E-state index in [1.165, 1.54) is 4.31 Å². The van der Waals surface area contributed by atoms with Crippen LogP contribution in [0.1, 0.15) is 6.42 Å². The zero-order valence-corrected chi connectivity index (χ0v) is 10.2. The van der Waals surface area contributed by atoms with Crippen LogP contribution in [0.15, 0.2) is 46.9 Å². The lowest BCUT2D eigenvalue weighted by Gasteiger charge is -2.26. The smallest absolute Gasteiger partial charge is 0.243 e. The highest BCUT2D eigenvalue weighted by Crippen LogP contribution is 2.19. The van der Waals surface area contributed by atoms with Gasteiger partial charge in [-0.2, -0.15) is 4.31 Å².